The molecule has 0 aliphatic rings. The number of aryl methyl sites for hydroxylation is 2. The molecule has 2 aromatic carbocycles. The number of hydrogen-bond acceptors (Lipinski definition) is 3. The van der Waals surface area contributed by atoms with Gasteiger partial charge in [-0.2, -0.15) is 0 Å². The maximum atomic E-state index is 12.1. The summed E-state index contributed by atoms with van der Waals surface area (Å²) in [7, 11) is 0. The van der Waals surface area contributed by atoms with Crippen LogP contribution >= 0.6 is 0 Å². The van der Waals surface area contributed by atoms with Crippen molar-refractivity contribution >= 4 is 23.0 Å². The van der Waals surface area contributed by atoms with Crippen LogP contribution in [-0.4, -0.2) is 25.5 Å². The van der Waals surface area contributed by atoms with Crippen molar-refractivity contribution in [1.82, 2.24) is 0 Å². The van der Waals surface area contributed by atoms with Gasteiger partial charge in [-0.3, -0.25) is 4.79 Å². The lowest BCUT2D eigenvalue weighted by atomic mass is 10.1. The second kappa shape index (κ2) is 9.11. The monoisotopic (exact) mass is 339 g/mol. The fraction of sp³-hybridized carbons (Fsp3) is 0.381. The Kier molecular flexibility index (Phi) is 6.87. The summed E-state index contributed by atoms with van der Waals surface area (Å²) < 4.78 is 0. The molecule has 0 aliphatic carbocycles. The van der Waals surface area contributed by atoms with Crippen LogP contribution in [0.1, 0.15) is 31.4 Å². The zero-order valence-electron chi connectivity index (χ0n) is 15.7. The molecule has 0 heterocycles. The van der Waals surface area contributed by atoms with Gasteiger partial charge in [-0.15, -0.1) is 0 Å². The van der Waals surface area contributed by atoms with Gasteiger partial charge in [0.25, 0.3) is 0 Å². The zero-order valence-corrected chi connectivity index (χ0v) is 15.7. The van der Waals surface area contributed by atoms with Crippen LogP contribution in [0.2, 0.25) is 0 Å². The second-order valence-electron chi connectivity index (χ2n) is 6.32. The summed E-state index contributed by atoms with van der Waals surface area (Å²) in [4.78, 5) is 14.4. The molecule has 0 aliphatic heterocycles. The van der Waals surface area contributed by atoms with Crippen LogP contribution in [0.4, 0.5) is 17.1 Å². The van der Waals surface area contributed by atoms with Gasteiger partial charge in [-0.05, 0) is 75.2 Å². The summed E-state index contributed by atoms with van der Waals surface area (Å²) in [5, 5.41) is 6.27. The molecule has 4 heteroatoms. The number of benzene rings is 2. The van der Waals surface area contributed by atoms with Crippen molar-refractivity contribution in [1.29, 1.82) is 0 Å². The lowest BCUT2D eigenvalue weighted by molar-refractivity contribution is -0.115. The minimum absolute atomic E-state index is 0.0252. The topological polar surface area (TPSA) is 44.4 Å². The molecule has 0 bridgehead atoms. The van der Waals surface area contributed by atoms with E-state index in [1.807, 2.05) is 26.0 Å². The molecule has 25 heavy (non-hydrogen) atoms. The highest BCUT2D eigenvalue weighted by Gasteiger charge is 2.04. The van der Waals surface area contributed by atoms with Crippen molar-refractivity contribution in [2.75, 3.05) is 35.2 Å². The van der Waals surface area contributed by atoms with E-state index in [-0.39, 0.29) is 5.91 Å². The number of nitrogens with one attached hydrogen (secondary N) is 2. The third kappa shape index (κ3) is 5.82. The molecule has 0 atom stereocenters. The number of amides is 1. The highest BCUT2D eigenvalue weighted by molar-refractivity contribution is 5.91. The summed E-state index contributed by atoms with van der Waals surface area (Å²) in [5.74, 6) is 0.0252. The van der Waals surface area contributed by atoms with E-state index >= 15 is 0 Å². The average molecular weight is 339 g/mol. The quantitative estimate of drug-likeness (QED) is 0.739. The van der Waals surface area contributed by atoms with Crippen molar-refractivity contribution in [3.05, 3.63) is 53.6 Å². The highest BCUT2D eigenvalue weighted by Crippen LogP contribution is 2.18. The van der Waals surface area contributed by atoms with Gasteiger partial charge in [0.2, 0.25) is 5.91 Å². The number of carbonyl (C=O) groups excluding carboxylic acids is 1. The van der Waals surface area contributed by atoms with E-state index in [9.17, 15) is 4.79 Å². The molecule has 0 saturated carbocycles. The van der Waals surface area contributed by atoms with Gasteiger partial charge in [0, 0.05) is 43.1 Å². The third-order valence-corrected chi connectivity index (χ3v) is 4.18. The molecule has 1 amide bonds. The molecule has 2 aromatic rings. The molecule has 4 nitrogen and oxygen atoms in total. The van der Waals surface area contributed by atoms with E-state index in [2.05, 4.69) is 59.7 Å². The first-order chi connectivity index (χ1) is 12.0. The molecule has 2 N–H and O–H groups in total. The molecule has 0 saturated heterocycles. The average Bonchev–Trinajstić information content (AvgIpc) is 2.56. The van der Waals surface area contributed by atoms with Crippen LogP contribution in [0.5, 0.6) is 0 Å². The molecule has 0 aromatic heterocycles. The van der Waals surface area contributed by atoms with Crippen molar-refractivity contribution in [2.45, 2.75) is 34.1 Å². The predicted molar refractivity (Wildman–Crippen MR) is 108 cm³/mol. The van der Waals surface area contributed by atoms with E-state index < -0.39 is 0 Å². The first kappa shape index (κ1) is 18.8. The number of hydrogen-bond donors (Lipinski definition) is 2. The molecule has 0 spiro atoms. The predicted octanol–water partition coefficient (Wildman–Crippen LogP) is 4.59. The van der Waals surface area contributed by atoms with Gasteiger partial charge in [-0.25, -0.2) is 0 Å². The van der Waals surface area contributed by atoms with Crippen molar-refractivity contribution < 1.29 is 4.79 Å². The van der Waals surface area contributed by atoms with Crippen molar-refractivity contribution in [2.24, 2.45) is 0 Å². The van der Waals surface area contributed by atoms with E-state index in [0.29, 0.717) is 13.0 Å². The number of rotatable bonds is 8. The van der Waals surface area contributed by atoms with E-state index in [1.54, 1.807) is 0 Å². The molecule has 2 rings (SSSR count). The normalized spacial score (nSPS) is 10.4. The lowest BCUT2D eigenvalue weighted by Gasteiger charge is -2.21. The number of nitrogens with zero attached hydrogens (tertiary/aromatic N) is 1. The van der Waals surface area contributed by atoms with Crippen LogP contribution < -0.4 is 15.5 Å². The summed E-state index contributed by atoms with van der Waals surface area (Å²) >= 11 is 0. The summed E-state index contributed by atoms with van der Waals surface area (Å²) in [5.41, 5.74) is 5.44. The first-order valence-electron chi connectivity index (χ1n) is 8.98. The summed E-state index contributed by atoms with van der Waals surface area (Å²) in [6.45, 7) is 11.0. The standard InChI is InChI=1S/C21H29N3O/c1-5-24(6-2)20-9-7-18(8-10-20)22-12-11-21(25)23-19-14-16(3)13-17(4)15-19/h7-10,13-15,22H,5-6,11-12H2,1-4H3,(H,23,25). The Morgan fingerprint density at radius 1 is 0.920 bits per heavy atom. The first-order valence-corrected chi connectivity index (χ1v) is 8.98. The van der Waals surface area contributed by atoms with Crippen LogP contribution in [0.3, 0.4) is 0 Å². The maximum Gasteiger partial charge on any atom is 0.226 e. The molecule has 0 unspecified atom stereocenters. The molecule has 0 fully saturated rings. The van der Waals surface area contributed by atoms with Crippen LogP contribution in [0.15, 0.2) is 42.5 Å². The van der Waals surface area contributed by atoms with Gasteiger partial charge in [0.15, 0.2) is 0 Å². The van der Waals surface area contributed by atoms with Crippen LogP contribution in [-0.2, 0) is 4.79 Å². The largest absolute Gasteiger partial charge is 0.385 e. The van der Waals surface area contributed by atoms with Gasteiger partial charge >= 0.3 is 0 Å². The fourth-order valence-electron chi connectivity index (χ4n) is 2.97. The van der Waals surface area contributed by atoms with Gasteiger partial charge in [-0.1, -0.05) is 6.07 Å². The summed E-state index contributed by atoms with van der Waals surface area (Å²) in [6, 6.07) is 14.4. The van der Waals surface area contributed by atoms with Crippen LogP contribution in [0, 0.1) is 13.8 Å². The Balaban J connectivity index is 1.80. The molecule has 0 radical (unpaired) electrons. The Hall–Kier alpha value is -2.49. The Bertz CT molecular complexity index is 671. The third-order valence-electron chi connectivity index (χ3n) is 4.18. The van der Waals surface area contributed by atoms with Crippen molar-refractivity contribution in [3.63, 3.8) is 0 Å². The minimum atomic E-state index is 0.0252. The molecule has 134 valence electrons. The number of carbonyl (C=O) groups is 1. The second-order valence-corrected chi connectivity index (χ2v) is 6.32. The summed E-state index contributed by atoms with van der Waals surface area (Å²) in [6.07, 6.45) is 0.435. The highest BCUT2D eigenvalue weighted by atomic mass is 16.1. The Morgan fingerprint density at radius 3 is 2.08 bits per heavy atom. The van der Waals surface area contributed by atoms with E-state index in [1.165, 1.54) is 5.69 Å². The molecular weight excluding hydrogens is 310 g/mol. The smallest absolute Gasteiger partial charge is 0.226 e. The minimum Gasteiger partial charge on any atom is -0.385 e. The Morgan fingerprint density at radius 2 is 1.52 bits per heavy atom. The van der Waals surface area contributed by atoms with E-state index in [0.717, 1.165) is 35.6 Å². The van der Waals surface area contributed by atoms with Crippen molar-refractivity contribution in [3.8, 4) is 0 Å². The van der Waals surface area contributed by atoms with E-state index in [4.69, 9.17) is 0 Å². The fourth-order valence-corrected chi connectivity index (χ4v) is 2.97. The van der Waals surface area contributed by atoms with Gasteiger partial charge < -0.3 is 15.5 Å². The SMILES string of the molecule is CCN(CC)c1ccc(NCCC(=O)Nc2cc(C)cc(C)c2)cc1. The lowest BCUT2D eigenvalue weighted by Crippen LogP contribution is -2.21. The van der Waals surface area contributed by atoms with Gasteiger partial charge in [0.1, 0.15) is 0 Å². The van der Waals surface area contributed by atoms with Gasteiger partial charge in [0.05, 0.1) is 0 Å². The number of anilines is 3. The van der Waals surface area contributed by atoms with Crippen LogP contribution in [0.25, 0.3) is 0 Å². The molecular formula is C21H29N3O. The maximum absolute atomic E-state index is 12.1. The Labute approximate surface area is 151 Å². The zero-order chi connectivity index (χ0) is 18.2.